The summed E-state index contributed by atoms with van der Waals surface area (Å²) in [6, 6.07) is -2.41. The molecule has 1 aliphatic rings. The Balaban J connectivity index is 1.84. The summed E-state index contributed by atoms with van der Waals surface area (Å²) >= 11 is 0.902. The van der Waals surface area contributed by atoms with Crippen LogP contribution in [0.15, 0.2) is 27.6 Å². The third kappa shape index (κ3) is 6.30. The molecular weight excluding hydrogens is 566 g/mol. The molecule has 3 amide bonds. The standard InChI is InChI=1S/C19H21N7O11S2/c1-19(2,17(32)33)37-25-12(8-6-38-18(20)23-8)15(30)24-13-9(26(16(13)31)39(34,35)36)4-22-14(29)7-3-10(27)11(28)5-21-7/h3,5-6,9,13,28H,4H2,1-2H3,(H2,20,23)(H,21,27)(H,22,29)(H,24,30)(H,32,33)(H,34,35,36)/t9-,13+/m1/s1. The maximum absolute atomic E-state index is 13.0. The molecule has 210 valence electrons. The number of aliphatic carboxylic acids is 1. The molecular formula is C19H21N7O11S2. The molecule has 20 heteroatoms. The zero-order valence-corrected chi connectivity index (χ0v) is 21.6. The van der Waals surface area contributed by atoms with Gasteiger partial charge in [0.25, 0.3) is 17.7 Å². The van der Waals surface area contributed by atoms with Gasteiger partial charge in [-0.15, -0.1) is 11.3 Å². The van der Waals surface area contributed by atoms with Crippen molar-refractivity contribution >= 4 is 56.2 Å². The van der Waals surface area contributed by atoms with Crippen LogP contribution in [0.2, 0.25) is 0 Å². The number of rotatable bonds is 10. The highest BCUT2D eigenvalue weighted by Crippen LogP contribution is 2.24. The largest absolute Gasteiger partial charge is 0.503 e. The number of thiazole rings is 1. The fourth-order valence-electron chi connectivity index (χ4n) is 3.06. The normalized spacial score (nSPS) is 17.8. The van der Waals surface area contributed by atoms with Crippen LogP contribution in [0.4, 0.5) is 5.13 Å². The first-order chi connectivity index (χ1) is 18.0. The first kappa shape index (κ1) is 29.0. The van der Waals surface area contributed by atoms with E-state index in [2.05, 4.69) is 25.8 Å². The van der Waals surface area contributed by atoms with Gasteiger partial charge in [0, 0.05) is 24.2 Å². The molecule has 1 aliphatic heterocycles. The highest BCUT2D eigenvalue weighted by molar-refractivity contribution is 7.84. The van der Waals surface area contributed by atoms with Crippen LogP contribution in [0, 0.1) is 0 Å². The smallest absolute Gasteiger partial charge is 0.362 e. The zero-order chi connectivity index (χ0) is 29.3. The number of H-pyrrole nitrogens is 1. The molecule has 1 fully saturated rings. The number of carboxylic acid groups (broad SMARTS) is 1. The lowest BCUT2D eigenvalue weighted by atomic mass is 9.98. The van der Waals surface area contributed by atoms with E-state index >= 15 is 0 Å². The SMILES string of the molecule is CC(C)(ON=C(C(=O)N[C@@H]1C(=O)N(S(=O)(=O)O)[C@@H]1CNC(=O)c1cc(=O)c(O)c[nH]1)c1csc(N)n1)C(=O)O. The summed E-state index contributed by atoms with van der Waals surface area (Å²) in [6.07, 6.45) is 0.845. The van der Waals surface area contributed by atoms with Crippen molar-refractivity contribution in [2.75, 3.05) is 12.3 Å². The minimum absolute atomic E-state index is 0.00752. The van der Waals surface area contributed by atoms with Crippen molar-refractivity contribution in [3.05, 3.63) is 39.3 Å². The molecule has 0 radical (unpaired) electrons. The number of aromatic hydroxyl groups is 1. The van der Waals surface area contributed by atoms with Crippen LogP contribution in [0.25, 0.3) is 0 Å². The number of carbonyl (C=O) groups is 4. The van der Waals surface area contributed by atoms with Crippen molar-refractivity contribution in [2.24, 2.45) is 5.16 Å². The Morgan fingerprint density at radius 1 is 1.33 bits per heavy atom. The molecule has 0 spiro atoms. The number of oxime groups is 1. The molecule has 0 saturated carbocycles. The molecule has 0 aromatic carbocycles. The molecule has 39 heavy (non-hydrogen) atoms. The van der Waals surface area contributed by atoms with E-state index in [4.69, 9.17) is 10.6 Å². The summed E-state index contributed by atoms with van der Waals surface area (Å²) in [4.78, 5) is 72.0. The summed E-state index contributed by atoms with van der Waals surface area (Å²) in [5.41, 5.74) is 1.72. The van der Waals surface area contributed by atoms with Gasteiger partial charge >= 0.3 is 16.3 Å². The molecule has 2 atom stereocenters. The molecule has 8 N–H and O–H groups in total. The first-order valence-corrected chi connectivity index (χ1v) is 12.8. The lowest BCUT2D eigenvalue weighted by molar-refractivity contribution is -0.161. The number of pyridine rings is 1. The highest BCUT2D eigenvalue weighted by atomic mass is 32.2. The second kappa shape index (κ2) is 10.7. The molecule has 0 unspecified atom stereocenters. The van der Waals surface area contributed by atoms with E-state index in [1.165, 1.54) is 5.38 Å². The Bertz CT molecular complexity index is 1530. The maximum atomic E-state index is 13.0. The van der Waals surface area contributed by atoms with Crippen molar-refractivity contribution < 1.29 is 47.2 Å². The average Bonchev–Trinajstić information content (AvgIpc) is 3.26. The Morgan fingerprint density at radius 3 is 2.54 bits per heavy atom. The second-order valence-corrected chi connectivity index (χ2v) is 10.5. The Kier molecular flexibility index (Phi) is 7.93. The van der Waals surface area contributed by atoms with Gasteiger partial charge in [0.15, 0.2) is 16.6 Å². The molecule has 0 aliphatic carbocycles. The van der Waals surface area contributed by atoms with E-state index in [-0.39, 0.29) is 20.8 Å². The van der Waals surface area contributed by atoms with Gasteiger partial charge < -0.3 is 36.4 Å². The Hall–Kier alpha value is -4.56. The van der Waals surface area contributed by atoms with Gasteiger partial charge in [-0.2, -0.15) is 8.42 Å². The maximum Gasteiger partial charge on any atom is 0.362 e. The van der Waals surface area contributed by atoms with Crippen LogP contribution in [-0.2, 0) is 29.5 Å². The zero-order valence-electron chi connectivity index (χ0n) is 19.9. The third-order valence-corrected chi connectivity index (χ3v) is 6.79. The molecule has 3 heterocycles. The number of β-lactam (4-membered cyclic amide) rings is 1. The van der Waals surface area contributed by atoms with E-state index in [0.29, 0.717) is 0 Å². The minimum Gasteiger partial charge on any atom is -0.503 e. The van der Waals surface area contributed by atoms with E-state index in [0.717, 1.165) is 37.4 Å². The van der Waals surface area contributed by atoms with Crippen molar-refractivity contribution in [2.45, 2.75) is 31.5 Å². The number of hydrogen-bond donors (Lipinski definition) is 7. The van der Waals surface area contributed by atoms with Crippen LogP contribution >= 0.6 is 11.3 Å². The number of aromatic nitrogens is 2. The molecule has 1 saturated heterocycles. The van der Waals surface area contributed by atoms with E-state index in [1.807, 2.05) is 0 Å². The number of aromatic amines is 1. The lowest BCUT2D eigenvalue weighted by Gasteiger charge is -2.44. The van der Waals surface area contributed by atoms with Gasteiger partial charge in [-0.1, -0.05) is 5.16 Å². The van der Waals surface area contributed by atoms with Crippen LogP contribution < -0.4 is 21.8 Å². The van der Waals surface area contributed by atoms with Crippen molar-refractivity contribution in [1.29, 1.82) is 0 Å². The van der Waals surface area contributed by atoms with Crippen molar-refractivity contribution in [1.82, 2.24) is 24.9 Å². The molecule has 0 bridgehead atoms. The van der Waals surface area contributed by atoms with E-state index < -0.39 is 75.1 Å². The average molecular weight is 588 g/mol. The molecule has 2 aromatic heterocycles. The highest BCUT2D eigenvalue weighted by Gasteiger charge is 2.54. The lowest BCUT2D eigenvalue weighted by Crippen LogP contribution is -2.74. The van der Waals surface area contributed by atoms with Crippen molar-refractivity contribution in [3.63, 3.8) is 0 Å². The predicted molar refractivity (Wildman–Crippen MR) is 131 cm³/mol. The fourth-order valence-corrected chi connectivity index (χ4v) is 4.49. The van der Waals surface area contributed by atoms with Gasteiger partial charge in [-0.25, -0.2) is 14.1 Å². The number of carbonyl (C=O) groups excluding carboxylic acids is 3. The van der Waals surface area contributed by atoms with Gasteiger partial charge in [-0.3, -0.25) is 23.7 Å². The molecule has 2 aromatic rings. The Labute approximate surface area is 222 Å². The Morgan fingerprint density at radius 2 is 2.00 bits per heavy atom. The monoisotopic (exact) mass is 587 g/mol. The quantitative estimate of drug-likeness (QED) is 0.0663. The van der Waals surface area contributed by atoms with Gasteiger partial charge in [-0.05, 0) is 13.8 Å². The summed E-state index contributed by atoms with van der Waals surface area (Å²) < 4.78 is 32.9. The van der Waals surface area contributed by atoms with Crippen LogP contribution in [0.3, 0.4) is 0 Å². The fraction of sp³-hybridized carbons (Fsp3) is 0.316. The third-order valence-electron chi connectivity index (χ3n) is 5.17. The summed E-state index contributed by atoms with van der Waals surface area (Å²) in [7, 11) is -5.12. The number of nitrogens with one attached hydrogen (secondary N) is 3. The van der Waals surface area contributed by atoms with Gasteiger partial charge in [0.05, 0.1) is 6.04 Å². The number of nitrogen functional groups attached to an aromatic ring is 1. The number of nitrogens with zero attached hydrogens (tertiary/aromatic N) is 3. The number of nitrogens with two attached hydrogens (primary N) is 1. The number of carboxylic acids is 1. The van der Waals surface area contributed by atoms with Crippen LogP contribution in [0.5, 0.6) is 5.75 Å². The van der Waals surface area contributed by atoms with Crippen LogP contribution in [-0.4, -0.2) is 91.1 Å². The van der Waals surface area contributed by atoms with Gasteiger partial charge in [0.1, 0.15) is 17.4 Å². The summed E-state index contributed by atoms with van der Waals surface area (Å²) in [6.45, 7) is 1.64. The molecule has 3 rings (SSSR count). The van der Waals surface area contributed by atoms with Crippen molar-refractivity contribution in [3.8, 4) is 5.75 Å². The summed E-state index contributed by atoms with van der Waals surface area (Å²) in [5, 5.41) is 27.8. The number of anilines is 1. The van der Waals surface area contributed by atoms with Gasteiger partial charge in [0.2, 0.25) is 11.0 Å². The number of hydrogen-bond acceptors (Lipinski definition) is 13. The minimum atomic E-state index is -5.12. The first-order valence-electron chi connectivity index (χ1n) is 10.6. The van der Waals surface area contributed by atoms with E-state index in [1.54, 1.807) is 0 Å². The van der Waals surface area contributed by atoms with E-state index in [9.17, 15) is 47.2 Å². The predicted octanol–water partition coefficient (Wildman–Crippen LogP) is -2.37. The number of amides is 3. The van der Waals surface area contributed by atoms with Crippen LogP contribution in [0.1, 0.15) is 30.0 Å². The topological polar surface area (TPSA) is 284 Å². The summed E-state index contributed by atoms with van der Waals surface area (Å²) in [5.74, 6) is -5.46. The second-order valence-electron chi connectivity index (χ2n) is 8.35. The molecule has 18 nitrogen and oxygen atoms in total.